The molecule has 0 bridgehead atoms. The van der Waals surface area contributed by atoms with Gasteiger partial charge in [0.1, 0.15) is 0 Å². The van der Waals surface area contributed by atoms with Crippen molar-refractivity contribution in [1.29, 1.82) is 5.26 Å². The fourth-order valence-corrected chi connectivity index (χ4v) is 3.26. The quantitative estimate of drug-likeness (QED) is 0.861. The number of nitriles is 1. The Morgan fingerprint density at radius 3 is 2.52 bits per heavy atom. The molecule has 1 aliphatic heterocycles. The minimum absolute atomic E-state index is 0.0555. The van der Waals surface area contributed by atoms with Crippen molar-refractivity contribution in [3.8, 4) is 17.6 Å². The Balaban J connectivity index is 1.88. The van der Waals surface area contributed by atoms with Gasteiger partial charge in [0.05, 0.1) is 12.0 Å². The van der Waals surface area contributed by atoms with Gasteiger partial charge < -0.3 is 14.8 Å². The third-order valence-electron chi connectivity index (χ3n) is 4.48. The maximum absolute atomic E-state index is 12.7. The maximum Gasteiger partial charge on any atom is 0.251 e. The van der Waals surface area contributed by atoms with E-state index in [0.717, 1.165) is 5.56 Å². The predicted molar refractivity (Wildman–Crippen MR) is 103 cm³/mol. The third kappa shape index (κ3) is 4.59. The second-order valence-corrected chi connectivity index (χ2v) is 7.93. The number of carbonyl (C=O) groups is 1. The summed E-state index contributed by atoms with van der Waals surface area (Å²) in [6.45, 7) is 6.49. The smallest absolute Gasteiger partial charge is 0.251 e. The summed E-state index contributed by atoms with van der Waals surface area (Å²) in [4.78, 5) is 12.7. The van der Waals surface area contributed by atoms with E-state index in [1.807, 2.05) is 36.4 Å². The number of benzene rings is 2. The molecule has 140 valence electrons. The molecule has 2 atom stereocenters. The van der Waals surface area contributed by atoms with Gasteiger partial charge in [0.15, 0.2) is 11.5 Å². The standard InChI is InChI=1S/C22H24N2O3/c1-22(2,3)12-18(24-21(25)15-7-5-4-6-8-15)17(13-23)16-9-10-19-20(11-16)27-14-26-19/h4-11,17-18H,12,14H2,1-3H3,(H,24,25)/t17-,18-/m0/s1. The van der Waals surface area contributed by atoms with E-state index >= 15 is 0 Å². The zero-order valence-corrected chi connectivity index (χ0v) is 15.9. The van der Waals surface area contributed by atoms with Crippen molar-refractivity contribution in [3.05, 3.63) is 59.7 Å². The molecule has 0 saturated heterocycles. The van der Waals surface area contributed by atoms with Gasteiger partial charge in [-0.25, -0.2) is 0 Å². The van der Waals surface area contributed by atoms with Crippen LogP contribution < -0.4 is 14.8 Å². The Morgan fingerprint density at radius 1 is 1.15 bits per heavy atom. The second kappa shape index (κ2) is 7.71. The molecule has 5 heteroatoms. The van der Waals surface area contributed by atoms with Crippen molar-refractivity contribution in [3.63, 3.8) is 0 Å². The lowest BCUT2D eigenvalue weighted by Crippen LogP contribution is -2.41. The Morgan fingerprint density at radius 2 is 1.85 bits per heavy atom. The van der Waals surface area contributed by atoms with Crippen LogP contribution in [0.15, 0.2) is 48.5 Å². The van der Waals surface area contributed by atoms with E-state index in [0.29, 0.717) is 23.5 Å². The summed E-state index contributed by atoms with van der Waals surface area (Å²) in [5, 5.41) is 13.0. The average molecular weight is 364 g/mol. The number of rotatable bonds is 5. The van der Waals surface area contributed by atoms with Gasteiger partial charge in [0.2, 0.25) is 6.79 Å². The molecular formula is C22H24N2O3. The summed E-state index contributed by atoms with van der Waals surface area (Å²) in [5.41, 5.74) is 1.34. The Kier molecular flexibility index (Phi) is 5.36. The molecule has 0 saturated carbocycles. The van der Waals surface area contributed by atoms with Gasteiger partial charge in [-0.1, -0.05) is 45.0 Å². The lowest BCUT2D eigenvalue weighted by atomic mass is 9.80. The van der Waals surface area contributed by atoms with Gasteiger partial charge in [-0.15, -0.1) is 0 Å². The third-order valence-corrected chi connectivity index (χ3v) is 4.48. The van der Waals surface area contributed by atoms with Crippen LogP contribution in [0.3, 0.4) is 0 Å². The number of nitrogens with zero attached hydrogens (tertiary/aromatic N) is 1. The van der Waals surface area contributed by atoms with E-state index in [1.165, 1.54) is 0 Å². The highest BCUT2D eigenvalue weighted by atomic mass is 16.7. The number of ether oxygens (including phenoxy) is 2. The highest BCUT2D eigenvalue weighted by molar-refractivity contribution is 5.94. The summed E-state index contributed by atoms with van der Waals surface area (Å²) in [5.74, 6) is 0.644. The highest BCUT2D eigenvalue weighted by Gasteiger charge is 2.30. The number of carbonyl (C=O) groups excluding carboxylic acids is 1. The summed E-state index contributed by atoms with van der Waals surface area (Å²) in [7, 11) is 0. The molecule has 0 fully saturated rings. The molecule has 0 spiro atoms. The van der Waals surface area contributed by atoms with Crippen LogP contribution in [0.2, 0.25) is 0 Å². The normalized spacial score (nSPS) is 14.9. The zero-order chi connectivity index (χ0) is 19.4. The lowest BCUT2D eigenvalue weighted by molar-refractivity contribution is 0.0923. The van der Waals surface area contributed by atoms with Gasteiger partial charge in [0, 0.05) is 11.6 Å². The highest BCUT2D eigenvalue weighted by Crippen LogP contribution is 2.37. The van der Waals surface area contributed by atoms with E-state index in [9.17, 15) is 10.1 Å². The molecule has 0 aromatic heterocycles. The Hall–Kier alpha value is -3.00. The fraction of sp³-hybridized carbons (Fsp3) is 0.364. The maximum atomic E-state index is 12.7. The van der Waals surface area contributed by atoms with Crippen molar-refractivity contribution >= 4 is 5.91 Å². The minimum atomic E-state index is -0.494. The molecule has 1 amide bonds. The van der Waals surface area contributed by atoms with E-state index in [2.05, 4.69) is 32.2 Å². The molecule has 0 radical (unpaired) electrons. The van der Waals surface area contributed by atoms with Gasteiger partial charge in [-0.2, -0.15) is 5.26 Å². The van der Waals surface area contributed by atoms with Gasteiger partial charge in [0.25, 0.3) is 5.91 Å². The van der Waals surface area contributed by atoms with Crippen LogP contribution in [-0.4, -0.2) is 18.7 Å². The van der Waals surface area contributed by atoms with Crippen molar-refractivity contribution in [1.82, 2.24) is 5.32 Å². The largest absolute Gasteiger partial charge is 0.454 e. The van der Waals surface area contributed by atoms with E-state index in [4.69, 9.17) is 9.47 Å². The average Bonchev–Trinajstić information content (AvgIpc) is 3.09. The van der Waals surface area contributed by atoms with Crippen LogP contribution >= 0.6 is 0 Å². The number of hydrogen-bond acceptors (Lipinski definition) is 4. The zero-order valence-electron chi connectivity index (χ0n) is 15.9. The first-order valence-electron chi connectivity index (χ1n) is 9.02. The molecule has 1 aliphatic rings. The van der Waals surface area contributed by atoms with Crippen molar-refractivity contribution in [2.45, 2.75) is 39.2 Å². The molecule has 1 N–H and O–H groups in total. The van der Waals surface area contributed by atoms with Crippen LogP contribution in [0.1, 0.15) is 49.0 Å². The van der Waals surface area contributed by atoms with Crippen molar-refractivity contribution < 1.29 is 14.3 Å². The van der Waals surface area contributed by atoms with Gasteiger partial charge in [-0.05, 0) is 41.7 Å². The van der Waals surface area contributed by atoms with Gasteiger partial charge in [-0.3, -0.25) is 4.79 Å². The predicted octanol–water partition coefficient (Wildman–Crippen LogP) is 4.26. The van der Waals surface area contributed by atoms with Crippen molar-refractivity contribution in [2.75, 3.05) is 6.79 Å². The Labute approximate surface area is 159 Å². The van der Waals surface area contributed by atoms with Crippen LogP contribution in [0, 0.1) is 16.7 Å². The first-order valence-corrected chi connectivity index (χ1v) is 9.02. The summed E-state index contributed by atoms with van der Waals surface area (Å²) < 4.78 is 10.8. The number of nitrogens with one attached hydrogen (secondary N) is 1. The fourth-order valence-electron chi connectivity index (χ4n) is 3.26. The number of amides is 1. The Bertz CT molecular complexity index is 850. The summed E-state index contributed by atoms with van der Waals surface area (Å²) in [6.07, 6.45) is 0.665. The molecule has 5 nitrogen and oxygen atoms in total. The molecule has 1 heterocycles. The molecule has 0 aliphatic carbocycles. The second-order valence-electron chi connectivity index (χ2n) is 7.93. The van der Waals surface area contributed by atoms with E-state index in [1.54, 1.807) is 12.1 Å². The monoisotopic (exact) mass is 364 g/mol. The molecule has 3 rings (SSSR count). The van der Waals surface area contributed by atoms with Crippen LogP contribution in [-0.2, 0) is 0 Å². The molecule has 2 aromatic carbocycles. The number of hydrogen-bond donors (Lipinski definition) is 1. The van der Waals surface area contributed by atoms with Gasteiger partial charge >= 0.3 is 0 Å². The minimum Gasteiger partial charge on any atom is -0.454 e. The summed E-state index contributed by atoms with van der Waals surface area (Å²) in [6, 6.07) is 16.6. The van der Waals surface area contributed by atoms with E-state index in [-0.39, 0.29) is 24.2 Å². The molecular weight excluding hydrogens is 340 g/mol. The number of fused-ring (bicyclic) bond motifs is 1. The topological polar surface area (TPSA) is 71.4 Å². The first kappa shape index (κ1) is 18.8. The van der Waals surface area contributed by atoms with Crippen LogP contribution in [0.5, 0.6) is 11.5 Å². The van der Waals surface area contributed by atoms with Crippen LogP contribution in [0.4, 0.5) is 0 Å². The molecule has 0 unspecified atom stereocenters. The van der Waals surface area contributed by atoms with Crippen molar-refractivity contribution in [2.24, 2.45) is 5.41 Å². The SMILES string of the molecule is CC(C)(C)C[C@H](NC(=O)c1ccccc1)[C@@H](C#N)c1ccc2c(c1)OCO2. The molecule has 27 heavy (non-hydrogen) atoms. The summed E-state index contributed by atoms with van der Waals surface area (Å²) >= 11 is 0. The van der Waals surface area contributed by atoms with E-state index < -0.39 is 5.92 Å². The molecule has 2 aromatic rings. The first-order chi connectivity index (χ1) is 12.9. The lowest BCUT2D eigenvalue weighted by Gasteiger charge is -2.30. The van der Waals surface area contributed by atoms with Crippen LogP contribution in [0.25, 0.3) is 0 Å².